The number of amides is 2. The van der Waals surface area contributed by atoms with Crippen LogP contribution >= 0.6 is 0 Å². The van der Waals surface area contributed by atoms with E-state index in [2.05, 4.69) is 31.1 Å². The topological polar surface area (TPSA) is 78.4 Å². The predicted octanol–water partition coefficient (Wildman–Crippen LogP) is 3.81. The minimum absolute atomic E-state index is 0.242. The molecule has 1 aliphatic rings. The zero-order chi connectivity index (χ0) is 18.6. The molecule has 0 bridgehead atoms. The SMILES string of the molecule is C=CCC1(C)NC(=O)C(C(=O)Nc2ccc(C(CC)CC)cc2)=C1O. The van der Waals surface area contributed by atoms with Crippen LogP contribution in [0.25, 0.3) is 0 Å². The van der Waals surface area contributed by atoms with Crippen molar-refractivity contribution < 1.29 is 14.7 Å². The minimum atomic E-state index is -0.981. The highest BCUT2D eigenvalue weighted by atomic mass is 16.3. The molecule has 1 aromatic carbocycles. The van der Waals surface area contributed by atoms with E-state index in [1.54, 1.807) is 13.0 Å². The summed E-state index contributed by atoms with van der Waals surface area (Å²) < 4.78 is 0. The molecule has 1 heterocycles. The molecule has 134 valence electrons. The van der Waals surface area contributed by atoms with Crippen LogP contribution in [0, 0.1) is 0 Å². The predicted molar refractivity (Wildman–Crippen MR) is 99.4 cm³/mol. The van der Waals surface area contributed by atoms with Crippen molar-refractivity contribution in [2.45, 2.75) is 51.5 Å². The number of anilines is 1. The van der Waals surface area contributed by atoms with Gasteiger partial charge in [-0.2, -0.15) is 0 Å². The van der Waals surface area contributed by atoms with Crippen molar-refractivity contribution in [3.8, 4) is 0 Å². The minimum Gasteiger partial charge on any atom is -0.509 e. The van der Waals surface area contributed by atoms with E-state index >= 15 is 0 Å². The van der Waals surface area contributed by atoms with Gasteiger partial charge < -0.3 is 15.7 Å². The maximum atomic E-state index is 12.4. The summed E-state index contributed by atoms with van der Waals surface area (Å²) in [5.41, 5.74) is 0.589. The molecule has 0 saturated heterocycles. The van der Waals surface area contributed by atoms with Crippen molar-refractivity contribution >= 4 is 17.5 Å². The molecule has 0 saturated carbocycles. The second kappa shape index (κ2) is 7.55. The first kappa shape index (κ1) is 18.8. The lowest BCUT2D eigenvalue weighted by atomic mass is 9.94. The first-order chi connectivity index (χ1) is 11.9. The molecular weight excluding hydrogens is 316 g/mol. The Labute approximate surface area is 148 Å². The summed E-state index contributed by atoms with van der Waals surface area (Å²) in [7, 11) is 0. The molecule has 0 spiro atoms. The lowest BCUT2D eigenvalue weighted by molar-refractivity contribution is -0.121. The highest BCUT2D eigenvalue weighted by Crippen LogP contribution is 2.29. The monoisotopic (exact) mass is 342 g/mol. The smallest absolute Gasteiger partial charge is 0.264 e. The second-order valence-electron chi connectivity index (χ2n) is 6.59. The van der Waals surface area contributed by atoms with Gasteiger partial charge in [-0.05, 0) is 49.8 Å². The van der Waals surface area contributed by atoms with E-state index in [4.69, 9.17) is 0 Å². The summed E-state index contributed by atoms with van der Waals surface area (Å²) in [5, 5.41) is 15.7. The summed E-state index contributed by atoms with van der Waals surface area (Å²) in [6.07, 6.45) is 4.05. The third-order valence-electron chi connectivity index (χ3n) is 4.78. The van der Waals surface area contributed by atoms with E-state index in [9.17, 15) is 14.7 Å². The molecule has 2 amide bonds. The number of carbonyl (C=O) groups excluding carboxylic acids is 2. The lowest BCUT2D eigenvalue weighted by Gasteiger charge is -2.22. The first-order valence-electron chi connectivity index (χ1n) is 8.64. The van der Waals surface area contributed by atoms with Crippen molar-refractivity contribution in [1.29, 1.82) is 0 Å². The molecule has 1 atom stereocenters. The third-order valence-corrected chi connectivity index (χ3v) is 4.78. The van der Waals surface area contributed by atoms with Crippen LogP contribution in [-0.4, -0.2) is 22.5 Å². The van der Waals surface area contributed by atoms with Gasteiger partial charge >= 0.3 is 0 Å². The number of carbonyl (C=O) groups is 2. The molecule has 1 aromatic rings. The first-order valence-corrected chi connectivity index (χ1v) is 8.64. The maximum Gasteiger partial charge on any atom is 0.264 e. The Balaban J connectivity index is 2.18. The van der Waals surface area contributed by atoms with Gasteiger partial charge in [0.15, 0.2) is 0 Å². The van der Waals surface area contributed by atoms with Crippen LogP contribution in [0.4, 0.5) is 5.69 Å². The van der Waals surface area contributed by atoms with Gasteiger partial charge in [0.1, 0.15) is 11.3 Å². The average Bonchev–Trinajstić information content (AvgIpc) is 2.79. The molecule has 5 nitrogen and oxygen atoms in total. The quantitative estimate of drug-likeness (QED) is 0.521. The zero-order valence-corrected chi connectivity index (χ0v) is 15.1. The van der Waals surface area contributed by atoms with Crippen LogP contribution in [0.15, 0.2) is 48.3 Å². The van der Waals surface area contributed by atoms with Crippen LogP contribution < -0.4 is 10.6 Å². The Morgan fingerprint density at radius 3 is 2.44 bits per heavy atom. The van der Waals surface area contributed by atoms with Gasteiger partial charge in [0.05, 0.1) is 5.54 Å². The molecule has 0 radical (unpaired) electrons. The Kier molecular flexibility index (Phi) is 5.67. The number of nitrogens with one attached hydrogen (secondary N) is 2. The van der Waals surface area contributed by atoms with Crippen molar-refractivity contribution in [3.05, 3.63) is 53.8 Å². The summed E-state index contributed by atoms with van der Waals surface area (Å²) in [5.74, 6) is -0.939. The third kappa shape index (κ3) is 3.76. The van der Waals surface area contributed by atoms with Gasteiger partial charge in [-0.1, -0.05) is 32.1 Å². The number of aliphatic hydroxyl groups excluding tert-OH is 1. The van der Waals surface area contributed by atoms with E-state index in [1.807, 2.05) is 24.3 Å². The number of rotatable bonds is 7. The molecule has 5 heteroatoms. The second-order valence-corrected chi connectivity index (χ2v) is 6.59. The van der Waals surface area contributed by atoms with Crippen molar-refractivity contribution in [3.63, 3.8) is 0 Å². The molecule has 25 heavy (non-hydrogen) atoms. The van der Waals surface area contributed by atoms with Gasteiger partial charge in [0, 0.05) is 5.69 Å². The molecule has 1 unspecified atom stereocenters. The molecule has 3 N–H and O–H groups in total. The summed E-state index contributed by atoms with van der Waals surface area (Å²) in [4.78, 5) is 24.5. The van der Waals surface area contributed by atoms with E-state index in [-0.39, 0.29) is 11.3 Å². The molecule has 2 rings (SSSR count). The molecule has 0 aliphatic carbocycles. The lowest BCUT2D eigenvalue weighted by Crippen LogP contribution is -2.41. The number of aliphatic hydroxyl groups is 1. The van der Waals surface area contributed by atoms with E-state index < -0.39 is 17.4 Å². The fourth-order valence-electron chi connectivity index (χ4n) is 3.20. The summed E-state index contributed by atoms with van der Waals surface area (Å²) in [6.45, 7) is 9.58. The fraction of sp³-hybridized carbons (Fsp3) is 0.400. The fourth-order valence-corrected chi connectivity index (χ4v) is 3.20. The van der Waals surface area contributed by atoms with Crippen molar-refractivity contribution in [2.24, 2.45) is 0 Å². The van der Waals surface area contributed by atoms with Gasteiger partial charge in [-0.25, -0.2) is 0 Å². The molecule has 1 aliphatic heterocycles. The summed E-state index contributed by atoms with van der Waals surface area (Å²) in [6, 6.07) is 7.61. The number of hydrogen-bond acceptors (Lipinski definition) is 3. The van der Waals surface area contributed by atoms with Crippen LogP contribution in [0.3, 0.4) is 0 Å². The van der Waals surface area contributed by atoms with Crippen molar-refractivity contribution in [1.82, 2.24) is 5.32 Å². The van der Waals surface area contributed by atoms with Crippen LogP contribution in [0.2, 0.25) is 0 Å². The Hall–Kier alpha value is -2.56. The summed E-state index contributed by atoms with van der Waals surface area (Å²) >= 11 is 0. The standard InChI is InChI=1S/C20H26N2O3/c1-5-12-20(4)17(23)16(19(25)22-20)18(24)21-15-10-8-14(9-11-15)13(6-2)7-3/h5,8-11,13,23H,1,6-7,12H2,2-4H3,(H,21,24)(H,22,25). The molecular formula is C20H26N2O3. The Morgan fingerprint density at radius 1 is 1.32 bits per heavy atom. The Morgan fingerprint density at radius 2 is 1.92 bits per heavy atom. The van der Waals surface area contributed by atoms with Gasteiger partial charge in [0.2, 0.25) is 0 Å². The van der Waals surface area contributed by atoms with E-state index in [0.29, 0.717) is 18.0 Å². The largest absolute Gasteiger partial charge is 0.509 e. The Bertz CT molecular complexity index is 702. The highest BCUT2D eigenvalue weighted by molar-refractivity contribution is 6.24. The number of hydrogen-bond donors (Lipinski definition) is 3. The highest BCUT2D eigenvalue weighted by Gasteiger charge is 2.43. The van der Waals surface area contributed by atoms with Crippen LogP contribution in [-0.2, 0) is 9.59 Å². The van der Waals surface area contributed by atoms with Crippen molar-refractivity contribution in [2.75, 3.05) is 5.32 Å². The van der Waals surface area contributed by atoms with Gasteiger partial charge in [-0.3, -0.25) is 9.59 Å². The van der Waals surface area contributed by atoms with E-state index in [0.717, 1.165) is 12.8 Å². The maximum absolute atomic E-state index is 12.4. The van der Waals surface area contributed by atoms with Crippen LogP contribution in [0.5, 0.6) is 0 Å². The average molecular weight is 342 g/mol. The number of benzene rings is 1. The normalized spacial score (nSPS) is 19.9. The van der Waals surface area contributed by atoms with Gasteiger partial charge in [0.25, 0.3) is 11.8 Å². The van der Waals surface area contributed by atoms with Crippen LogP contribution in [0.1, 0.15) is 51.5 Å². The van der Waals surface area contributed by atoms with Gasteiger partial charge in [-0.15, -0.1) is 6.58 Å². The molecule has 0 aromatic heterocycles. The molecule has 0 fully saturated rings. The van der Waals surface area contributed by atoms with E-state index in [1.165, 1.54) is 5.56 Å². The zero-order valence-electron chi connectivity index (χ0n) is 15.1.